The molecule has 4 N–H and O–H groups in total. The van der Waals surface area contributed by atoms with Gasteiger partial charge in [-0.1, -0.05) is 6.07 Å². The SMILES string of the molecule is CCOC(=O)[C@H](OC[C@H]1C[C@@H](n2cnc3cccc(C#N)c3c2=O)[C@H](O)[C@@H]1O)P(=O)(O)O. The van der Waals surface area contributed by atoms with Crippen LogP contribution in [-0.2, 0) is 18.8 Å². The van der Waals surface area contributed by atoms with E-state index in [1.807, 2.05) is 6.07 Å². The maximum absolute atomic E-state index is 13.0. The van der Waals surface area contributed by atoms with Crippen LogP contribution in [0.1, 0.15) is 24.9 Å². The molecule has 2 aromatic rings. The molecular formula is C19H22N3O9P. The molecule has 0 amide bonds. The minimum Gasteiger partial charge on any atom is -0.464 e. The lowest BCUT2D eigenvalue weighted by Gasteiger charge is -2.21. The number of rotatable bonds is 7. The van der Waals surface area contributed by atoms with Crippen LogP contribution < -0.4 is 5.56 Å². The summed E-state index contributed by atoms with van der Waals surface area (Å²) < 4.78 is 22.4. The van der Waals surface area contributed by atoms with Gasteiger partial charge in [0.25, 0.3) is 11.4 Å². The molecule has 1 aromatic carbocycles. The molecule has 1 aromatic heterocycles. The highest BCUT2D eigenvalue weighted by Crippen LogP contribution is 2.43. The van der Waals surface area contributed by atoms with Gasteiger partial charge in [-0.2, -0.15) is 5.26 Å². The molecule has 0 aliphatic heterocycles. The van der Waals surface area contributed by atoms with Crippen LogP contribution in [0, 0.1) is 17.2 Å². The Morgan fingerprint density at radius 2 is 2.09 bits per heavy atom. The second-order valence-corrected chi connectivity index (χ2v) is 8.99. The normalized spacial score (nSPS) is 24.2. The molecule has 0 saturated heterocycles. The van der Waals surface area contributed by atoms with Gasteiger partial charge in [-0.25, -0.2) is 9.78 Å². The molecule has 172 valence electrons. The number of carbonyl (C=O) groups excluding carboxylic acids is 1. The highest BCUT2D eigenvalue weighted by molar-refractivity contribution is 7.53. The first-order valence-electron chi connectivity index (χ1n) is 9.69. The smallest absolute Gasteiger partial charge is 0.365 e. The molecule has 0 spiro atoms. The first-order valence-corrected chi connectivity index (χ1v) is 11.4. The Labute approximate surface area is 181 Å². The van der Waals surface area contributed by atoms with E-state index in [4.69, 9.17) is 4.74 Å². The zero-order valence-corrected chi connectivity index (χ0v) is 17.8. The van der Waals surface area contributed by atoms with Crippen molar-refractivity contribution >= 4 is 24.5 Å². The van der Waals surface area contributed by atoms with Crippen molar-refractivity contribution in [1.82, 2.24) is 9.55 Å². The molecule has 1 fully saturated rings. The van der Waals surface area contributed by atoms with Gasteiger partial charge >= 0.3 is 13.6 Å². The first-order chi connectivity index (χ1) is 15.1. The van der Waals surface area contributed by atoms with Crippen molar-refractivity contribution in [3.05, 3.63) is 40.4 Å². The molecule has 0 unspecified atom stereocenters. The zero-order valence-electron chi connectivity index (χ0n) is 16.9. The van der Waals surface area contributed by atoms with Crippen molar-refractivity contribution in [2.45, 2.75) is 37.4 Å². The van der Waals surface area contributed by atoms with Crippen molar-refractivity contribution in [2.24, 2.45) is 5.92 Å². The standard InChI is InChI=1S/C19H22N3O9P/c1-2-30-18(26)19(32(27,28)29)31-8-11-6-13(16(24)15(11)23)22-9-21-12-5-3-4-10(7-20)14(12)17(22)25/h3-5,9,11,13,15-16,19,23-24H,2,6,8H2,1H3,(H2,27,28,29)/t11-,13-,15-,16+,19-/m1/s1. The van der Waals surface area contributed by atoms with Crippen LogP contribution in [0.5, 0.6) is 0 Å². The van der Waals surface area contributed by atoms with Gasteiger partial charge in [0.1, 0.15) is 12.2 Å². The van der Waals surface area contributed by atoms with E-state index >= 15 is 0 Å². The summed E-state index contributed by atoms with van der Waals surface area (Å²) in [5, 5.41) is 30.3. The Balaban J connectivity index is 1.85. The largest absolute Gasteiger partial charge is 0.464 e. The summed E-state index contributed by atoms with van der Waals surface area (Å²) in [6.45, 7) is 0.861. The van der Waals surface area contributed by atoms with Crippen LogP contribution in [0.15, 0.2) is 29.3 Å². The summed E-state index contributed by atoms with van der Waals surface area (Å²) in [6.07, 6.45) is -1.65. The van der Waals surface area contributed by atoms with Gasteiger partial charge in [0, 0.05) is 5.92 Å². The predicted octanol–water partition coefficient (Wildman–Crippen LogP) is -0.366. The Morgan fingerprint density at radius 3 is 2.72 bits per heavy atom. The minimum atomic E-state index is -5.01. The maximum Gasteiger partial charge on any atom is 0.365 e. The second kappa shape index (κ2) is 9.46. The third kappa shape index (κ3) is 4.59. The fraction of sp³-hybridized carbons (Fsp3) is 0.474. The first kappa shape index (κ1) is 24.0. The molecule has 1 heterocycles. The van der Waals surface area contributed by atoms with Gasteiger partial charge in [0.15, 0.2) is 0 Å². The number of esters is 1. The summed E-state index contributed by atoms with van der Waals surface area (Å²) >= 11 is 0. The lowest BCUT2D eigenvalue weighted by atomic mass is 10.1. The van der Waals surface area contributed by atoms with Crippen LogP contribution in [0.25, 0.3) is 10.9 Å². The Hall–Kier alpha value is -2.65. The number of aliphatic hydroxyl groups is 2. The van der Waals surface area contributed by atoms with Gasteiger partial charge in [0.05, 0.1) is 48.2 Å². The average molecular weight is 467 g/mol. The number of benzene rings is 1. The molecule has 5 atom stereocenters. The molecule has 3 rings (SSSR count). The number of fused-ring (bicyclic) bond motifs is 1. The summed E-state index contributed by atoms with van der Waals surface area (Å²) in [5.74, 6) is -4.27. The lowest BCUT2D eigenvalue weighted by molar-refractivity contribution is -0.153. The molecule has 1 aliphatic rings. The third-order valence-corrected chi connectivity index (χ3v) is 6.29. The fourth-order valence-corrected chi connectivity index (χ4v) is 4.41. The van der Waals surface area contributed by atoms with Crippen molar-refractivity contribution in [1.29, 1.82) is 5.26 Å². The zero-order chi connectivity index (χ0) is 23.6. The van der Waals surface area contributed by atoms with Crippen molar-refractivity contribution < 1.29 is 38.8 Å². The Morgan fingerprint density at radius 1 is 1.38 bits per heavy atom. The van der Waals surface area contributed by atoms with Gasteiger partial charge in [-0.3, -0.25) is 13.9 Å². The quantitative estimate of drug-likeness (QED) is 0.307. The van der Waals surface area contributed by atoms with Crippen molar-refractivity contribution in [2.75, 3.05) is 13.2 Å². The number of nitriles is 1. The van der Waals surface area contributed by atoms with E-state index in [0.29, 0.717) is 5.52 Å². The minimum absolute atomic E-state index is 0.0130. The predicted molar refractivity (Wildman–Crippen MR) is 108 cm³/mol. The van der Waals surface area contributed by atoms with Crippen molar-refractivity contribution in [3.63, 3.8) is 0 Å². The molecule has 12 nitrogen and oxygen atoms in total. The van der Waals surface area contributed by atoms with Gasteiger partial charge in [0.2, 0.25) is 0 Å². The van der Waals surface area contributed by atoms with Gasteiger partial charge in [-0.15, -0.1) is 0 Å². The number of nitrogens with zero attached hydrogens (tertiary/aromatic N) is 3. The van der Waals surface area contributed by atoms with E-state index in [0.717, 1.165) is 4.57 Å². The average Bonchev–Trinajstić information content (AvgIpc) is 3.01. The molecule has 1 aliphatic carbocycles. The van der Waals surface area contributed by atoms with Crippen LogP contribution >= 0.6 is 7.60 Å². The lowest BCUT2D eigenvalue weighted by Crippen LogP contribution is -2.35. The van der Waals surface area contributed by atoms with Crippen LogP contribution in [0.3, 0.4) is 0 Å². The molecule has 13 heteroatoms. The number of aromatic nitrogens is 2. The molecule has 0 radical (unpaired) electrons. The third-order valence-electron chi connectivity index (χ3n) is 5.32. The summed E-state index contributed by atoms with van der Waals surface area (Å²) in [7, 11) is -5.01. The molecule has 1 saturated carbocycles. The van der Waals surface area contributed by atoms with Crippen LogP contribution in [-0.4, -0.2) is 66.8 Å². The molecule has 0 bridgehead atoms. The summed E-state index contributed by atoms with van der Waals surface area (Å²) in [6, 6.07) is 5.59. The summed E-state index contributed by atoms with van der Waals surface area (Å²) in [4.78, 5) is 47.7. The Kier molecular flexibility index (Phi) is 7.09. The number of aliphatic hydroxyl groups excluding tert-OH is 2. The molecule has 32 heavy (non-hydrogen) atoms. The van der Waals surface area contributed by atoms with E-state index in [2.05, 4.69) is 9.72 Å². The molecular weight excluding hydrogens is 445 g/mol. The van der Waals surface area contributed by atoms with Gasteiger partial charge in [-0.05, 0) is 25.5 Å². The second-order valence-electron chi connectivity index (χ2n) is 7.34. The number of ether oxygens (including phenoxy) is 2. The van der Waals surface area contributed by atoms with Crippen LogP contribution in [0.4, 0.5) is 0 Å². The highest BCUT2D eigenvalue weighted by Gasteiger charge is 2.45. The van der Waals surface area contributed by atoms with Crippen molar-refractivity contribution in [3.8, 4) is 6.07 Å². The van der Waals surface area contributed by atoms with E-state index in [1.54, 1.807) is 12.1 Å². The van der Waals surface area contributed by atoms with E-state index in [-0.39, 0.29) is 24.0 Å². The van der Waals surface area contributed by atoms with E-state index < -0.39 is 55.7 Å². The number of carbonyl (C=O) groups is 1. The fourth-order valence-electron chi connectivity index (χ4n) is 3.78. The highest BCUT2D eigenvalue weighted by atomic mass is 31.2. The Bertz CT molecular complexity index is 1150. The summed E-state index contributed by atoms with van der Waals surface area (Å²) in [5.41, 5.74) is -0.164. The van der Waals surface area contributed by atoms with E-state index in [1.165, 1.54) is 19.3 Å². The van der Waals surface area contributed by atoms with Gasteiger partial charge < -0.3 is 29.5 Å². The maximum atomic E-state index is 13.0. The van der Waals surface area contributed by atoms with Crippen LogP contribution in [0.2, 0.25) is 0 Å². The monoisotopic (exact) mass is 467 g/mol. The number of hydrogen-bond donors (Lipinski definition) is 4. The van der Waals surface area contributed by atoms with E-state index in [9.17, 15) is 39.4 Å². The number of hydrogen-bond acceptors (Lipinski definition) is 9. The topological polar surface area (TPSA) is 192 Å².